The third-order valence-corrected chi connectivity index (χ3v) is 4.85. The summed E-state index contributed by atoms with van der Waals surface area (Å²) < 4.78 is 41.1. The van der Waals surface area contributed by atoms with Crippen LogP contribution in [-0.4, -0.2) is 37.7 Å². The van der Waals surface area contributed by atoms with Crippen molar-refractivity contribution in [1.29, 1.82) is 0 Å². The molecule has 0 bridgehead atoms. The highest BCUT2D eigenvalue weighted by atomic mass is 35.5. The van der Waals surface area contributed by atoms with Crippen molar-refractivity contribution in [2.45, 2.75) is 32.0 Å². The normalized spacial score (nSPS) is 15.6. The first kappa shape index (κ1) is 18.7. The molecular formula is C18H15ClF3N5O. The first-order valence-electron chi connectivity index (χ1n) is 8.59. The predicted molar refractivity (Wildman–Crippen MR) is 96.0 cm³/mol. The Hall–Kier alpha value is -2.68. The molecule has 1 N–H and O–H groups in total. The minimum absolute atomic E-state index is 0.0260. The van der Waals surface area contributed by atoms with Gasteiger partial charge in [-0.05, 0) is 43.9 Å². The second-order valence-electron chi connectivity index (χ2n) is 6.77. The van der Waals surface area contributed by atoms with Crippen LogP contribution in [-0.2, 0) is 0 Å². The van der Waals surface area contributed by atoms with Crippen LogP contribution in [0.25, 0.3) is 17.0 Å². The van der Waals surface area contributed by atoms with Gasteiger partial charge in [-0.2, -0.15) is 18.3 Å². The lowest BCUT2D eigenvalue weighted by molar-refractivity contribution is -0.158. The van der Waals surface area contributed by atoms with Gasteiger partial charge in [-0.15, -0.1) is 0 Å². The number of aryl methyl sites for hydroxylation is 1. The average molecular weight is 410 g/mol. The average Bonchev–Trinajstić information content (AvgIpc) is 3.36. The molecule has 0 saturated heterocycles. The quantitative estimate of drug-likeness (QED) is 0.711. The first-order valence-corrected chi connectivity index (χ1v) is 8.97. The lowest BCUT2D eigenvalue weighted by Crippen LogP contribution is -2.46. The first-order chi connectivity index (χ1) is 13.2. The predicted octanol–water partition coefficient (Wildman–Crippen LogP) is 3.82. The minimum atomic E-state index is -4.50. The van der Waals surface area contributed by atoms with Crippen molar-refractivity contribution in [1.82, 2.24) is 24.9 Å². The largest absolute Gasteiger partial charge is 0.408 e. The van der Waals surface area contributed by atoms with E-state index in [2.05, 4.69) is 20.4 Å². The van der Waals surface area contributed by atoms with Crippen molar-refractivity contribution in [3.8, 4) is 11.4 Å². The summed E-state index contributed by atoms with van der Waals surface area (Å²) in [6.45, 7) is 1.75. The van der Waals surface area contributed by atoms with Crippen LogP contribution in [0.3, 0.4) is 0 Å². The molecule has 6 nitrogen and oxygen atoms in total. The Bertz CT molecular complexity index is 1060. The fourth-order valence-corrected chi connectivity index (χ4v) is 3.22. The molecule has 0 aliphatic heterocycles. The second-order valence-corrected chi connectivity index (χ2v) is 7.20. The molecule has 1 amide bonds. The van der Waals surface area contributed by atoms with E-state index in [1.807, 2.05) is 0 Å². The molecule has 4 rings (SSSR count). The van der Waals surface area contributed by atoms with Crippen LogP contribution in [0.2, 0.25) is 5.02 Å². The molecule has 3 heterocycles. The molecular weight excluding hydrogens is 395 g/mol. The zero-order chi connectivity index (χ0) is 20.1. The molecule has 3 aromatic heterocycles. The van der Waals surface area contributed by atoms with Gasteiger partial charge in [-0.1, -0.05) is 11.6 Å². The van der Waals surface area contributed by atoms with Crippen LogP contribution in [0.1, 0.15) is 28.9 Å². The van der Waals surface area contributed by atoms with E-state index in [4.69, 9.17) is 11.6 Å². The van der Waals surface area contributed by atoms with Gasteiger partial charge >= 0.3 is 6.18 Å². The van der Waals surface area contributed by atoms with Gasteiger partial charge in [0.15, 0.2) is 5.65 Å². The molecule has 0 aromatic carbocycles. The van der Waals surface area contributed by atoms with Crippen molar-refractivity contribution >= 4 is 23.2 Å². The summed E-state index contributed by atoms with van der Waals surface area (Å²) in [4.78, 5) is 21.2. The summed E-state index contributed by atoms with van der Waals surface area (Å²) >= 11 is 5.99. The number of carbonyl (C=O) groups is 1. The van der Waals surface area contributed by atoms with Crippen LogP contribution < -0.4 is 5.32 Å². The molecule has 1 saturated carbocycles. The number of aromatic nitrogens is 4. The number of hydrogen-bond acceptors (Lipinski definition) is 4. The molecule has 1 unspecified atom stereocenters. The van der Waals surface area contributed by atoms with Crippen LogP contribution in [0, 0.1) is 12.8 Å². The maximum atomic E-state index is 13.2. The molecule has 1 aliphatic carbocycles. The summed E-state index contributed by atoms with van der Waals surface area (Å²) in [5, 5.41) is 6.66. The van der Waals surface area contributed by atoms with E-state index in [1.54, 1.807) is 25.1 Å². The lowest BCUT2D eigenvalue weighted by Gasteiger charge is -2.20. The van der Waals surface area contributed by atoms with Gasteiger partial charge in [-0.25, -0.2) is 9.50 Å². The highest BCUT2D eigenvalue weighted by Gasteiger charge is 2.49. The Kier molecular flexibility index (Phi) is 4.49. The Morgan fingerprint density at radius 1 is 1.32 bits per heavy atom. The van der Waals surface area contributed by atoms with Crippen LogP contribution in [0.15, 0.2) is 30.6 Å². The number of amides is 1. The summed E-state index contributed by atoms with van der Waals surface area (Å²) in [6.07, 6.45) is -0.867. The molecule has 10 heteroatoms. The summed E-state index contributed by atoms with van der Waals surface area (Å²) in [7, 11) is 0. The standard InChI is InChI=1S/C18H15ClF3N5O/c1-9-6-14(13-7-11(19)4-5-23-13)25-16-12(8-24-27(9)16)17(28)26-15(10-2-3-10)18(20,21)22/h4-8,10,15H,2-3H2,1H3,(H,26,28). The summed E-state index contributed by atoms with van der Waals surface area (Å²) in [5.74, 6) is -1.43. The van der Waals surface area contributed by atoms with E-state index in [1.165, 1.54) is 16.9 Å². The van der Waals surface area contributed by atoms with Crippen molar-refractivity contribution in [2.24, 2.45) is 5.92 Å². The van der Waals surface area contributed by atoms with E-state index >= 15 is 0 Å². The Labute approximate surface area is 162 Å². The number of hydrogen-bond donors (Lipinski definition) is 1. The zero-order valence-corrected chi connectivity index (χ0v) is 15.4. The highest BCUT2D eigenvalue weighted by molar-refractivity contribution is 6.30. The number of alkyl halides is 3. The van der Waals surface area contributed by atoms with Gasteiger partial charge in [0.05, 0.1) is 17.6 Å². The molecule has 146 valence electrons. The molecule has 1 aliphatic rings. The van der Waals surface area contributed by atoms with Crippen molar-refractivity contribution in [3.05, 3.63) is 46.9 Å². The van der Waals surface area contributed by atoms with Gasteiger partial charge in [-0.3, -0.25) is 9.78 Å². The molecule has 28 heavy (non-hydrogen) atoms. The van der Waals surface area contributed by atoms with Crippen molar-refractivity contribution in [2.75, 3.05) is 0 Å². The van der Waals surface area contributed by atoms with Crippen molar-refractivity contribution in [3.63, 3.8) is 0 Å². The SMILES string of the molecule is Cc1cc(-c2cc(Cl)ccn2)nc2c(C(=O)NC(C3CC3)C(F)(F)F)cnn12. The van der Waals surface area contributed by atoms with Crippen LogP contribution in [0.5, 0.6) is 0 Å². The van der Waals surface area contributed by atoms with Gasteiger partial charge in [0.1, 0.15) is 11.6 Å². The fourth-order valence-electron chi connectivity index (χ4n) is 3.06. The number of nitrogens with zero attached hydrogens (tertiary/aromatic N) is 4. The molecule has 1 atom stereocenters. The topological polar surface area (TPSA) is 72.2 Å². The number of fused-ring (bicyclic) bond motifs is 1. The molecule has 3 aromatic rings. The van der Waals surface area contributed by atoms with Crippen LogP contribution >= 0.6 is 11.6 Å². The number of halogens is 4. The maximum absolute atomic E-state index is 13.2. The zero-order valence-electron chi connectivity index (χ0n) is 14.7. The number of nitrogens with one attached hydrogen (secondary N) is 1. The number of carbonyl (C=O) groups excluding carboxylic acids is 1. The summed E-state index contributed by atoms with van der Waals surface area (Å²) in [6, 6.07) is 3.07. The molecule has 0 radical (unpaired) electrons. The fraction of sp³-hybridized carbons (Fsp3) is 0.333. The van der Waals surface area contributed by atoms with Crippen molar-refractivity contribution < 1.29 is 18.0 Å². The number of pyridine rings is 1. The molecule has 1 fully saturated rings. The minimum Gasteiger partial charge on any atom is -0.340 e. The lowest BCUT2D eigenvalue weighted by atomic mass is 10.1. The maximum Gasteiger partial charge on any atom is 0.408 e. The van der Waals surface area contributed by atoms with E-state index in [0.717, 1.165) is 0 Å². The third-order valence-electron chi connectivity index (χ3n) is 4.61. The van der Waals surface area contributed by atoms with E-state index in [-0.39, 0.29) is 11.2 Å². The van der Waals surface area contributed by atoms with E-state index < -0.39 is 24.0 Å². The van der Waals surface area contributed by atoms with Crippen LogP contribution in [0.4, 0.5) is 13.2 Å². The number of rotatable bonds is 4. The Morgan fingerprint density at radius 2 is 2.07 bits per heavy atom. The molecule has 0 spiro atoms. The summed E-state index contributed by atoms with van der Waals surface area (Å²) in [5.41, 5.74) is 1.71. The Balaban J connectivity index is 1.72. The van der Waals surface area contributed by atoms with E-state index in [9.17, 15) is 18.0 Å². The van der Waals surface area contributed by atoms with Gasteiger partial charge in [0.25, 0.3) is 5.91 Å². The smallest absolute Gasteiger partial charge is 0.340 e. The van der Waals surface area contributed by atoms with E-state index in [0.29, 0.717) is 34.9 Å². The van der Waals surface area contributed by atoms with Gasteiger partial charge in [0, 0.05) is 16.9 Å². The monoisotopic (exact) mass is 409 g/mol. The second kappa shape index (κ2) is 6.73. The van der Waals surface area contributed by atoms with Gasteiger partial charge in [0.2, 0.25) is 0 Å². The van der Waals surface area contributed by atoms with Gasteiger partial charge < -0.3 is 5.32 Å². The third kappa shape index (κ3) is 3.54. The Morgan fingerprint density at radius 3 is 2.71 bits per heavy atom. The highest BCUT2D eigenvalue weighted by Crippen LogP contribution is 2.40.